The fourth-order valence-electron chi connectivity index (χ4n) is 0. The second-order valence-electron chi connectivity index (χ2n) is 1.97. The molecule has 0 saturated carbocycles. The molecule has 49 valence electrons. The Bertz CT molecular complexity index is 39.4. The van der Waals surface area contributed by atoms with Crippen molar-refractivity contribution in [1.29, 1.82) is 0 Å². The summed E-state index contributed by atoms with van der Waals surface area (Å²) in [6, 6.07) is 0. The molecular weight excluding hydrogens is 144 g/mol. The molecule has 0 aliphatic heterocycles. The van der Waals surface area contributed by atoms with Crippen LogP contribution in [0, 0.1) is 0 Å². The summed E-state index contributed by atoms with van der Waals surface area (Å²) in [4.78, 5) is 0. The van der Waals surface area contributed by atoms with E-state index >= 15 is 0 Å². The van der Waals surface area contributed by atoms with E-state index < -0.39 is 5.60 Å². The Hall–Kier alpha value is 0.439. The van der Waals surface area contributed by atoms with Crippen LogP contribution in [0.5, 0.6) is 0 Å². The summed E-state index contributed by atoms with van der Waals surface area (Å²) in [5, 5.41) is 16.7. The maximum atomic E-state index is 8.58. The molecule has 3 heteroatoms. The van der Waals surface area contributed by atoms with Crippen molar-refractivity contribution in [2.24, 2.45) is 0 Å². The van der Waals surface area contributed by atoms with Crippen LogP contribution in [0.25, 0.3) is 0 Å². The number of aliphatic hydroxyl groups is 2. The second-order valence-corrected chi connectivity index (χ2v) is 1.97. The molecule has 0 atom stereocenters. The average molecular weight is 154 g/mol. The Balaban J connectivity index is 0. The van der Waals surface area contributed by atoms with Gasteiger partial charge < -0.3 is 10.2 Å². The average Bonchev–Trinajstić information content (AvgIpc) is 1.35. The van der Waals surface area contributed by atoms with Gasteiger partial charge in [-0.25, -0.2) is 0 Å². The maximum Gasteiger partial charge on any atom is 0.0821 e. The van der Waals surface area contributed by atoms with Crippen LogP contribution in [0.1, 0.15) is 13.8 Å². The molecule has 0 aromatic heterocycles. The van der Waals surface area contributed by atoms with Gasteiger partial charge in [0.1, 0.15) is 0 Å². The van der Waals surface area contributed by atoms with Crippen molar-refractivity contribution in [3.05, 3.63) is 0 Å². The van der Waals surface area contributed by atoms with Gasteiger partial charge in [0.15, 0.2) is 0 Å². The van der Waals surface area contributed by atoms with Crippen molar-refractivity contribution in [2.75, 3.05) is 6.61 Å². The molecule has 1 radical (unpaired) electrons. The van der Waals surface area contributed by atoms with Crippen molar-refractivity contribution in [3.8, 4) is 0 Å². The first-order valence-electron chi connectivity index (χ1n) is 1.89. The Morgan fingerprint density at radius 2 is 1.57 bits per heavy atom. The van der Waals surface area contributed by atoms with Crippen LogP contribution in [-0.4, -0.2) is 22.4 Å². The molecule has 0 aromatic rings. The predicted molar refractivity (Wildman–Crippen MR) is 23.4 cm³/mol. The predicted octanol–water partition coefficient (Wildman–Crippen LogP) is -0.253. The molecule has 0 unspecified atom stereocenters. The summed E-state index contributed by atoms with van der Waals surface area (Å²) >= 11 is 0. The summed E-state index contributed by atoms with van der Waals surface area (Å²) in [7, 11) is 0. The van der Waals surface area contributed by atoms with Crippen molar-refractivity contribution in [1.82, 2.24) is 0 Å². The molecular formula is C4H10CuO2. The minimum Gasteiger partial charge on any atom is -0.393 e. The number of rotatable bonds is 1. The zero-order valence-electron chi connectivity index (χ0n) is 4.40. The zero-order chi connectivity index (χ0) is 5.21. The van der Waals surface area contributed by atoms with Crippen LogP contribution < -0.4 is 0 Å². The molecule has 0 spiro atoms. The van der Waals surface area contributed by atoms with Gasteiger partial charge >= 0.3 is 0 Å². The van der Waals surface area contributed by atoms with Gasteiger partial charge in [-0.2, -0.15) is 0 Å². The van der Waals surface area contributed by atoms with Gasteiger partial charge in [0.2, 0.25) is 0 Å². The number of aliphatic hydroxyl groups excluding tert-OH is 1. The van der Waals surface area contributed by atoms with E-state index in [-0.39, 0.29) is 23.7 Å². The summed E-state index contributed by atoms with van der Waals surface area (Å²) in [6.07, 6.45) is 0. The largest absolute Gasteiger partial charge is 0.393 e. The van der Waals surface area contributed by atoms with Crippen LogP contribution in [0.4, 0.5) is 0 Å². The van der Waals surface area contributed by atoms with Gasteiger partial charge in [-0.05, 0) is 13.8 Å². The third-order valence-corrected chi connectivity index (χ3v) is 0.387. The molecule has 0 fully saturated rings. The molecule has 0 aliphatic carbocycles. The molecule has 0 heterocycles. The number of hydrogen-bond acceptors (Lipinski definition) is 2. The fraction of sp³-hybridized carbons (Fsp3) is 1.00. The van der Waals surface area contributed by atoms with E-state index in [4.69, 9.17) is 10.2 Å². The smallest absolute Gasteiger partial charge is 0.0821 e. The molecule has 0 amide bonds. The molecule has 2 N–H and O–H groups in total. The van der Waals surface area contributed by atoms with Crippen LogP contribution in [-0.2, 0) is 17.1 Å². The van der Waals surface area contributed by atoms with Gasteiger partial charge in [-0.1, -0.05) is 0 Å². The first-order chi connectivity index (χ1) is 2.56. The van der Waals surface area contributed by atoms with E-state index in [9.17, 15) is 0 Å². The first kappa shape index (κ1) is 10.4. The Morgan fingerprint density at radius 3 is 1.57 bits per heavy atom. The van der Waals surface area contributed by atoms with Crippen molar-refractivity contribution >= 4 is 0 Å². The van der Waals surface area contributed by atoms with E-state index in [0.717, 1.165) is 0 Å². The molecule has 7 heavy (non-hydrogen) atoms. The van der Waals surface area contributed by atoms with Gasteiger partial charge in [-0.3, -0.25) is 0 Å². The van der Waals surface area contributed by atoms with Crippen molar-refractivity contribution in [3.63, 3.8) is 0 Å². The van der Waals surface area contributed by atoms with Crippen LogP contribution in [0.15, 0.2) is 0 Å². The molecule has 0 rings (SSSR count). The minimum absolute atomic E-state index is 0. The molecule has 2 nitrogen and oxygen atoms in total. The van der Waals surface area contributed by atoms with Crippen LogP contribution >= 0.6 is 0 Å². The SMILES string of the molecule is CC(C)(O)CO.[Cu]. The Morgan fingerprint density at radius 1 is 1.43 bits per heavy atom. The van der Waals surface area contributed by atoms with Crippen LogP contribution in [0.2, 0.25) is 0 Å². The Kier molecular flexibility index (Phi) is 5.13. The van der Waals surface area contributed by atoms with E-state index in [1.54, 1.807) is 13.8 Å². The first-order valence-corrected chi connectivity index (χ1v) is 1.89. The third kappa shape index (κ3) is 10.7. The van der Waals surface area contributed by atoms with Crippen LogP contribution in [0.3, 0.4) is 0 Å². The monoisotopic (exact) mass is 153 g/mol. The zero-order valence-corrected chi connectivity index (χ0v) is 5.34. The van der Waals surface area contributed by atoms with E-state index in [1.165, 1.54) is 0 Å². The normalized spacial score (nSPS) is 10.3. The fourth-order valence-corrected chi connectivity index (χ4v) is 0. The van der Waals surface area contributed by atoms with Gasteiger partial charge in [0, 0.05) is 17.1 Å². The van der Waals surface area contributed by atoms with Crippen molar-refractivity contribution < 1.29 is 27.3 Å². The third-order valence-electron chi connectivity index (χ3n) is 0.387. The Labute approximate surface area is 54.0 Å². The summed E-state index contributed by atoms with van der Waals surface area (Å²) in [6.45, 7) is 2.92. The van der Waals surface area contributed by atoms with Gasteiger partial charge in [-0.15, -0.1) is 0 Å². The molecule has 0 bridgehead atoms. The standard InChI is InChI=1S/C4H10O2.Cu/c1-4(2,6)3-5;/h5-6H,3H2,1-2H3;. The van der Waals surface area contributed by atoms with Crippen molar-refractivity contribution in [2.45, 2.75) is 19.4 Å². The summed E-state index contributed by atoms with van der Waals surface area (Å²) < 4.78 is 0. The molecule has 0 aromatic carbocycles. The number of hydrogen-bond donors (Lipinski definition) is 2. The minimum atomic E-state index is -0.903. The summed E-state index contributed by atoms with van der Waals surface area (Å²) in [5.74, 6) is 0. The molecule has 0 saturated heterocycles. The summed E-state index contributed by atoms with van der Waals surface area (Å²) in [5.41, 5.74) is -0.903. The topological polar surface area (TPSA) is 40.5 Å². The molecule has 0 aliphatic rings. The second kappa shape index (κ2) is 3.44. The maximum absolute atomic E-state index is 8.58. The van der Waals surface area contributed by atoms with E-state index in [2.05, 4.69) is 0 Å². The van der Waals surface area contributed by atoms with Gasteiger partial charge in [0.25, 0.3) is 0 Å². The van der Waals surface area contributed by atoms with E-state index in [1.807, 2.05) is 0 Å². The quantitative estimate of drug-likeness (QED) is 0.510. The van der Waals surface area contributed by atoms with Gasteiger partial charge in [0.05, 0.1) is 12.2 Å². The van der Waals surface area contributed by atoms with E-state index in [0.29, 0.717) is 0 Å².